The Morgan fingerprint density at radius 1 is 1.53 bits per heavy atom. The minimum atomic E-state index is -0.487. The Labute approximate surface area is 96.6 Å². The molecule has 0 heterocycles. The first-order chi connectivity index (χ1) is 7.10. The van der Waals surface area contributed by atoms with Crippen LogP contribution in [0.25, 0.3) is 0 Å². The number of rotatable bonds is 3. The smallest absolute Gasteiger partial charge is 0.338 e. The molecule has 0 aliphatic rings. The molecule has 2 nitrogen and oxygen atoms in total. The molecule has 0 saturated heterocycles. The lowest BCUT2D eigenvalue weighted by Gasteiger charge is -2.07. The van der Waals surface area contributed by atoms with Crippen LogP contribution in [0.3, 0.4) is 0 Å². The van der Waals surface area contributed by atoms with E-state index in [-0.39, 0.29) is 18.0 Å². The van der Waals surface area contributed by atoms with Gasteiger partial charge in [0.1, 0.15) is 5.82 Å². The average molecular weight is 275 g/mol. The number of esters is 1. The predicted octanol–water partition coefficient (Wildman–Crippen LogP) is 3.21. The number of carbonyl (C=O) groups excluding carboxylic acids is 1. The third-order valence-electron chi connectivity index (χ3n) is 2.11. The van der Waals surface area contributed by atoms with Crippen LogP contribution in [0.4, 0.5) is 4.39 Å². The van der Waals surface area contributed by atoms with Crippen LogP contribution in [0.2, 0.25) is 0 Å². The molecule has 0 spiro atoms. The van der Waals surface area contributed by atoms with E-state index in [9.17, 15) is 9.18 Å². The zero-order chi connectivity index (χ0) is 11.4. The van der Waals surface area contributed by atoms with Gasteiger partial charge in [0.05, 0.1) is 12.2 Å². The molecular weight excluding hydrogens is 263 g/mol. The number of hydrogen-bond donors (Lipinski definition) is 0. The Morgan fingerprint density at radius 2 is 2.20 bits per heavy atom. The zero-order valence-electron chi connectivity index (χ0n) is 8.64. The quantitative estimate of drug-likeness (QED) is 0.625. The van der Waals surface area contributed by atoms with E-state index < -0.39 is 5.97 Å². The fourth-order valence-corrected chi connectivity index (χ4v) is 1.79. The van der Waals surface area contributed by atoms with Gasteiger partial charge in [0, 0.05) is 5.33 Å². The van der Waals surface area contributed by atoms with E-state index in [1.165, 1.54) is 6.07 Å². The van der Waals surface area contributed by atoms with Gasteiger partial charge in [-0.1, -0.05) is 15.9 Å². The van der Waals surface area contributed by atoms with Crippen LogP contribution in [-0.2, 0) is 10.1 Å². The molecule has 0 aliphatic carbocycles. The van der Waals surface area contributed by atoms with Gasteiger partial charge in [-0.25, -0.2) is 9.18 Å². The van der Waals surface area contributed by atoms with Gasteiger partial charge in [0.25, 0.3) is 0 Å². The van der Waals surface area contributed by atoms with E-state index in [1.807, 2.05) is 0 Å². The number of ether oxygens (including phenoxy) is 1. The largest absolute Gasteiger partial charge is 0.462 e. The lowest BCUT2D eigenvalue weighted by atomic mass is 10.1. The van der Waals surface area contributed by atoms with Crippen LogP contribution in [0.5, 0.6) is 0 Å². The van der Waals surface area contributed by atoms with Gasteiger partial charge in [-0.15, -0.1) is 0 Å². The maximum absolute atomic E-state index is 13.4. The highest BCUT2D eigenvalue weighted by Crippen LogP contribution is 2.18. The summed E-state index contributed by atoms with van der Waals surface area (Å²) < 4.78 is 18.2. The van der Waals surface area contributed by atoms with E-state index >= 15 is 0 Å². The van der Waals surface area contributed by atoms with Crippen molar-refractivity contribution in [2.45, 2.75) is 19.2 Å². The fourth-order valence-electron chi connectivity index (χ4n) is 1.21. The molecule has 4 heteroatoms. The molecule has 0 bridgehead atoms. The lowest BCUT2D eigenvalue weighted by molar-refractivity contribution is 0.0525. The summed E-state index contributed by atoms with van der Waals surface area (Å²) in [7, 11) is 0. The molecule has 0 fully saturated rings. The number of carbonyl (C=O) groups is 1. The van der Waals surface area contributed by atoms with Crippen molar-refractivity contribution in [3.05, 3.63) is 34.6 Å². The summed E-state index contributed by atoms with van der Waals surface area (Å²) in [6, 6.07) is 2.85. The third-order valence-corrected chi connectivity index (χ3v) is 2.71. The Hall–Kier alpha value is -0.900. The van der Waals surface area contributed by atoms with Crippen molar-refractivity contribution in [2.24, 2.45) is 0 Å². The molecule has 0 radical (unpaired) electrons. The topological polar surface area (TPSA) is 26.3 Å². The van der Waals surface area contributed by atoms with Crippen molar-refractivity contribution in [1.82, 2.24) is 0 Å². The number of hydrogen-bond acceptors (Lipinski definition) is 2. The minimum Gasteiger partial charge on any atom is -0.462 e. The van der Waals surface area contributed by atoms with Gasteiger partial charge in [-0.05, 0) is 37.1 Å². The Kier molecular flexibility index (Phi) is 4.27. The predicted molar refractivity (Wildman–Crippen MR) is 59.7 cm³/mol. The van der Waals surface area contributed by atoms with Crippen molar-refractivity contribution < 1.29 is 13.9 Å². The first-order valence-electron chi connectivity index (χ1n) is 4.62. The first kappa shape index (κ1) is 12.2. The molecular formula is C11H12BrFO2. The van der Waals surface area contributed by atoms with Gasteiger partial charge in [-0.3, -0.25) is 0 Å². The molecule has 0 saturated carbocycles. The van der Waals surface area contributed by atoms with E-state index in [4.69, 9.17) is 4.74 Å². The maximum Gasteiger partial charge on any atom is 0.338 e. The summed E-state index contributed by atoms with van der Waals surface area (Å²) in [5, 5.41) is 0.517. The summed E-state index contributed by atoms with van der Waals surface area (Å²) in [6.07, 6.45) is 0. The van der Waals surface area contributed by atoms with Gasteiger partial charge in [-0.2, -0.15) is 0 Å². The lowest BCUT2D eigenvalue weighted by Crippen LogP contribution is -2.06. The number of alkyl halides is 1. The standard InChI is InChI=1S/C11H12BrFO2/c1-3-15-11(14)8-4-9(6-12)7(2)10(13)5-8/h4-5H,3,6H2,1-2H3. The summed E-state index contributed by atoms with van der Waals surface area (Å²) in [6.45, 7) is 3.69. The van der Waals surface area contributed by atoms with Crippen LogP contribution in [0.15, 0.2) is 12.1 Å². The molecule has 0 atom stereocenters. The van der Waals surface area contributed by atoms with Crippen LogP contribution >= 0.6 is 15.9 Å². The molecule has 82 valence electrons. The average Bonchev–Trinajstić information content (AvgIpc) is 2.22. The van der Waals surface area contributed by atoms with Crippen molar-refractivity contribution in [3.63, 3.8) is 0 Å². The Bertz CT molecular complexity index is 377. The van der Waals surface area contributed by atoms with Crippen molar-refractivity contribution in [3.8, 4) is 0 Å². The number of halogens is 2. The molecule has 1 rings (SSSR count). The normalized spacial score (nSPS) is 10.1. The zero-order valence-corrected chi connectivity index (χ0v) is 10.2. The second-order valence-corrected chi connectivity index (χ2v) is 3.66. The summed E-state index contributed by atoms with van der Waals surface area (Å²) >= 11 is 3.25. The molecule has 1 aromatic rings. The monoisotopic (exact) mass is 274 g/mol. The van der Waals surface area contributed by atoms with Crippen LogP contribution in [0, 0.1) is 12.7 Å². The summed E-state index contributed by atoms with van der Waals surface area (Å²) in [4.78, 5) is 11.4. The molecule has 0 N–H and O–H groups in total. The second kappa shape index (κ2) is 5.26. The van der Waals surface area contributed by atoms with E-state index in [2.05, 4.69) is 15.9 Å². The van der Waals surface area contributed by atoms with Crippen molar-refractivity contribution in [2.75, 3.05) is 6.61 Å². The molecule has 0 amide bonds. The highest BCUT2D eigenvalue weighted by atomic mass is 79.9. The van der Waals surface area contributed by atoms with Crippen molar-refractivity contribution >= 4 is 21.9 Å². The van der Waals surface area contributed by atoms with E-state index in [1.54, 1.807) is 19.9 Å². The van der Waals surface area contributed by atoms with Crippen LogP contribution in [0.1, 0.15) is 28.4 Å². The van der Waals surface area contributed by atoms with Crippen molar-refractivity contribution in [1.29, 1.82) is 0 Å². The Balaban J connectivity index is 3.10. The SMILES string of the molecule is CCOC(=O)c1cc(F)c(C)c(CBr)c1. The minimum absolute atomic E-state index is 0.259. The third kappa shape index (κ3) is 2.78. The van der Waals surface area contributed by atoms with Gasteiger partial charge < -0.3 is 4.74 Å². The second-order valence-electron chi connectivity index (χ2n) is 3.10. The fraction of sp³-hybridized carbons (Fsp3) is 0.364. The summed E-state index contributed by atoms with van der Waals surface area (Å²) in [5.41, 5.74) is 1.58. The van der Waals surface area contributed by atoms with E-state index in [0.29, 0.717) is 10.9 Å². The highest BCUT2D eigenvalue weighted by molar-refractivity contribution is 9.08. The van der Waals surface area contributed by atoms with Gasteiger partial charge in [0.2, 0.25) is 0 Å². The van der Waals surface area contributed by atoms with Crippen LogP contribution < -0.4 is 0 Å². The molecule has 15 heavy (non-hydrogen) atoms. The van der Waals surface area contributed by atoms with E-state index in [0.717, 1.165) is 5.56 Å². The molecule has 1 aromatic carbocycles. The highest BCUT2D eigenvalue weighted by Gasteiger charge is 2.12. The van der Waals surface area contributed by atoms with Gasteiger partial charge in [0.15, 0.2) is 0 Å². The molecule has 0 unspecified atom stereocenters. The maximum atomic E-state index is 13.4. The first-order valence-corrected chi connectivity index (χ1v) is 5.74. The van der Waals surface area contributed by atoms with Gasteiger partial charge >= 0.3 is 5.97 Å². The molecule has 0 aliphatic heterocycles. The molecule has 0 aromatic heterocycles. The summed E-state index contributed by atoms with van der Waals surface area (Å²) in [5.74, 6) is -0.867. The van der Waals surface area contributed by atoms with Crippen LogP contribution in [-0.4, -0.2) is 12.6 Å². The number of benzene rings is 1. The Morgan fingerprint density at radius 3 is 2.73 bits per heavy atom.